The van der Waals surface area contributed by atoms with Crippen LogP contribution in [0.1, 0.15) is 47.4 Å². The molecule has 0 bridgehead atoms. The number of piperidine rings is 1. The van der Waals surface area contributed by atoms with Crippen LogP contribution in [0.25, 0.3) is 0 Å². The van der Waals surface area contributed by atoms with Crippen molar-refractivity contribution in [1.82, 2.24) is 25.1 Å². The zero-order chi connectivity index (χ0) is 17.2. The van der Waals surface area contributed by atoms with Crippen molar-refractivity contribution in [1.29, 1.82) is 0 Å². The quantitative estimate of drug-likeness (QED) is 0.916. The molecule has 1 fully saturated rings. The van der Waals surface area contributed by atoms with E-state index in [1.54, 1.807) is 30.3 Å². The van der Waals surface area contributed by atoms with Crippen molar-refractivity contribution in [3.8, 4) is 0 Å². The number of carbonyl (C=O) groups is 1. The maximum atomic E-state index is 12.3. The highest BCUT2D eigenvalue weighted by Crippen LogP contribution is 2.28. The predicted molar refractivity (Wildman–Crippen MR) is 94.6 cm³/mol. The van der Waals surface area contributed by atoms with Crippen molar-refractivity contribution in [2.24, 2.45) is 7.05 Å². The number of hydrogen-bond acceptors (Lipinski definition) is 5. The molecular formula is C18H24N6O. The summed E-state index contributed by atoms with van der Waals surface area (Å²) < 4.78 is 1.61. The minimum absolute atomic E-state index is 0.0436. The normalized spacial score (nSPS) is 18.0. The minimum atomic E-state index is -0.0436. The van der Waals surface area contributed by atoms with Gasteiger partial charge in [0.05, 0.1) is 0 Å². The summed E-state index contributed by atoms with van der Waals surface area (Å²) in [6.45, 7) is 1.83. The highest BCUT2D eigenvalue weighted by atomic mass is 16.2. The van der Waals surface area contributed by atoms with Crippen molar-refractivity contribution in [3.63, 3.8) is 0 Å². The Kier molecular flexibility index (Phi) is 4.38. The lowest BCUT2D eigenvalue weighted by Crippen LogP contribution is -2.45. The van der Waals surface area contributed by atoms with E-state index in [-0.39, 0.29) is 11.9 Å². The molecule has 0 aromatic carbocycles. The fourth-order valence-electron chi connectivity index (χ4n) is 3.87. The predicted octanol–water partition coefficient (Wildman–Crippen LogP) is 1.49. The van der Waals surface area contributed by atoms with Crippen LogP contribution in [0.2, 0.25) is 0 Å². The van der Waals surface area contributed by atoms with Gasteiger partial charge in [0, 0.05) is 43.6 Å². The fourth-order valence-corrected chi connectivity index (χ4v) is 3.87. The molecule has 132 valence electrons. The number of aryl methyl sites for hydroxylation is 2. The summed E-state index contributed by atoms with van der Waals surface area (Å²) >= 11 is 0. The van der Waals surface area contributed by atoms with Crippen LogP contribution in [0.5, 0.6) is 0 Å². The van der Waals surface area contributed by atoms with Crippen LogP contribution in [-0.2, 0) is 19.9 Å². The van der Waals surface area contributed by atoms with E-state index in [9.17, 15) is 4.79 Å². The topological polar surface area (TPSA) is 75.9 Å². The van der Waals surface area contributed by atoms with Gasteiger partial charge in [0.2, 0.25) is 0 Å². The summed E-state index contributed by atoms with van der Waals surface area (Å²) in [6, 6.07) is 1.95. The Hall–Kier alpha value is -2.44. The lowest BCUT2D eigenvalue weighted by Gasteiger charge is -2.35. The van der Waals surface area contributed by atoms with Gasteiger partial charge in [0.25, 0.3) is 5.91 Å². The molecule has 1 saturated heterocycles. The minimum Gasteiger partial charge on any atom is -0.356 e. The van der Waals surface area contributed by atoms with E-state index < -0.39 is 0 Å². The number of hydrogen-bond donors (Lipinski definition) is 1. The van der Waals surface area contributed by atoms with Gasteiger partial charge in [-0.25, -0.2) is 9.97 Å². The zero-order valence-corrected chi connectivity index (χ0v) is 14.6. The molecule has 1 aliphatic heterocycles. The standard InChI is InChI=1S/C18H24N6O/c1-23-16(6-9-21-23)18(25)22-13-7-10-24(11-8-13)17-14-4-2-3-5-15(14)19-12-20-17/h6,9,12-13H,2-5,7-8,10-11H2,1H3,(H,22,25). The summed E-state index contributed by atoms with van der Waals surface area (Å²) in [7, 11) is 1.79. The highest BCUT2D eigenvalue weighted by Gasteiger charge is 2.26. The number of carbonyl (C=O) groups excluding carboxylic acids is 1. The third-order valence-corrected chi connectivity index (χ3v) is 5.29. The molecule has 1 N–H and O–H groups in total. The van der Waals surface area contributed by atoms with E-state index in [1.165, 1.54) is 24.1 Å². The zero-order valence-electron chi connectivity index (χ0n) is 14.6. The molecule has 7 nitrogen and oxygen atoms in total. The Morgan fingerprint density at radius 2 is 2.00 bits per heavy atom. The highest BCUT2D eigenvalue weighted by molar-refractivity contribution is 5.92. The number of amides is 1. The second-order valence-electron chi connectivity index (χ2n) is 6.90. The van der Waals surface area contributed by atoms with E-state index in [1.807, 2.05) is 0 Å². The molecule has 2 aliphatic rings. The van der Waals surface area contributed by atoms with Gasteiger partial charge in [0.1, 0.15) is 17.8 Å². The van der Waals surface area contributed by atoms with Gasteiger partial charge in [-0.2, -0.15) is 5.10 Å². The molecule has 0 atom stereocenters. The van der Waals surface area contributed by atoms with Crippen LogP contribution in [0.15, 0.2) is 18.6 Å². The van der Waals surface area contributed by atoms with Crippen molar-refractivity contribution >= 4 is 11.7 Å². The molecule has 7 heteroatoms. The van der Waals surface area contributed by atoms with Crippen molar-refractivity contribution in [2.75, 3.05) is 18.0 Å². The summed E-state index contributed by atoms with van der Waals surface area (Å²) in [5.74, 6) is 1.07. The van der Waals surface area contributed by atoms with Crippen LogP contribution in [-0.4, -0.2) is 44.8 Å². The summed E-state index contributed by atoms with van der Waals surface area (Å²) in [5, 5.41) is 7.19. The molecule has 2 aromatic rings. The Morgan fingerprint density at radius 3 is 2.76 bits per heavy atom. The molecule has 1 aliphatic carbocycles. The molecule has 0 saturated carbocycles. The van der Waals surface area contributed by atoms with Crippen LogP contribution in [0.4, 0.5) is 5.82 Å². The first kappa shape index (κ1) is 16.1. The van der Waals surface area contributed by atoms with E-state index >= 15 is 0 Å². The van der Waals surface area contributed by atoms with Crippen LogP contribution in [0, 0.1) is 0 Å². The summed E-state index contributed by atoms with van der Waals surface area (Å²) in [5.41, 5.74) is 3.17. The lowest BCUT2D eigenvalue weighted by atomic mass is 9.95. The monoisotopic (exact) mass is 340 g/mol. The first-order chi connectivity index (χ1) is 12.2. The average Bonchev–Trinajstić information content (AvgIpc) is 3.08. The third-order valence-electron chi connectivity index (χ3n) is 5.29. The molecular weight excluding hydrogens is 316 g/mol. The summed E-state index contributed by atoms with van der Waals surface area (Å²) in [4.78, 5) is 23.7. The van der Waals surface area contributed by atoms with E-state index in [0.29, 0.717) is 5.69 Å². The van der Waals surface area contributed by atoms with Gasteiger partial charge >= 0.3 is 0 Å². The van der Waals surface area contributed by atoms with Crippen molar-refractivity contribution in [3.05, 3.63) is 35.5 Å². The molecule has 4 rings (SSSR count). The maximum Gasteiger partial charge on any atom is 0.269 e. The third kappa shape index (κ3) is 3.23. The second-order valence-corrected chi connectivity index (χ2v) is 6.90. The van der Waals surface area contributed by atoms with Gasteiger partial charge in [-0.15, -0.1) is 0 Å². The first-order valence-electron chi connectivity index (χ1n) is 9.09. The van der Waals surface area contributed by atoms with E-state index in [4.69, 9.17) is 0 Å². The molecule has 1 amide bonds. The number of nitrogens with zero attached hydrogens (tertiary/aromatic N) is 5. The van der Waals surface area contributed by atoms with Crippen LogP contribution in [0.3, 0.4) is 0 Å². The maximum absolute atomic E-state index is 12.3. The smallest absolute Gasteiger partial charge is 0.269 e. The average molecular weight is 340 g/mol. The van der Waals surface area contributed by atoms with Gasteiger partial charge < -0.3 is 10.2 Å². The Bertz CT molecular complexity index is 763. The Balaban J connectivity index is 1.39. The molecule has 0 unspecified atom stereocenters. The number of anilines is 1. The van der Waals surface area contributed by atoms with Crippen molar-refractivity contribution < 1.29 is 4.79 Å². The molecule has 2 aromatic heterocycles. The Morgan fingerprint density at radius 1 is 1.20 bits per heavy atom. The molecule has 0 radical (unpaired) electrons. The van der Waals surface area contributed by atoms with Gasteiger partial charge in [-0.1, -0.05) is 0 Å². The van der Waals surface area contributed by atoms with Crippen molar-refractivity contribution in [2.45, 2.75) is 44.6 Å². The van der Waals surface area contributed by atoms with E-state index in [0.717, 1.165) is 44.6 Å². The number of nitrogens with one attached hydrogen (secondary N) is 1. The largest absolute Gasteiger partial charge is 0.356 e. The SMILES string of the molecule is Cn1nccc1C(=O)NC1CCN(c2ncnc3c2CCCC3)CC1. The fraction of sp³-hybridized carbons (Fsp3) is 0.556. The Labute approximate surface area is 147 Å². The first-order valence-corrected chi connectivity index (χ1v) is 9.09. The number of rotatable bonds is 3. The number of aromatic nitrogens is 4. The van der Waals surface area contributed by atoms with Gasteiger partial charge in [-0.05, 0) is 44.6 Å². The van der Waals surface area contributed by atoms with Gasteiger partial charge in [-0.3, -0.25) is 9.48 Å². The van der Waals surface area contributed by atoms with Crippen LogP contribution >= 0.6 is 0 Å². The molecule has 3 heterocycles. The lowest BCUT2D eigenvalue weighted by molar-refractivity contribution is 0.0921. The molecule has 25 heavy (non-hydrogen) atoms. The van der Waals surface area contributed by atoms with Gasteiger partial charge in [0.15, 0.2) is 0 Å². The molecule has 0 spiro atoms. The second kappa shape index (κ2) is 6.82. The van der Waals surface area contributed by atoms with Crippen LogP contribution < -0.4 is 10.2 Å². The summed E-state index contributed by atoms with van der Waals surface area (Å²) in [6.07, 6.45) is 9.83. The number of fused-ring (bicyclic) bond motifs is 1. The van der Waals surface area contributed by atoms with E-state index in [2.05, 4.69) is 25.3 Å².